The van der Waals surface area contributed by atoms with Crippen molar-refractivity contribution in [3.05, 3.63) is 53.9 Å². The Bertz CT molecular complexity index is 697. The monoisotopic (exact) mass is 357 g/mol. The minimum Gasteiger partial charge on any atom is -0.508 e. The molecule has 0 radical (unpaired) electrons. The summed E-state index contributed by atoms with van der Waals surface area (Å²) in [6.45, 7) is 5.53. The van der Waals surface area contributed by atoms with Gasteiger partial charge < -0.3 is 20.3 Å². The molecule has 0 bridgehead atoms. The number of aromatic nitrogens is 1. The first-order valence-corrected chi connectivity index (χ1v) is 9.07. The van der Waals surface area contributed by atoms with Gasteiger partial charge in [0.15, 0.2) is 0 Å². The maximum absolute atomic E-state index is 10.7. The van der Waals surface area contributed by atoms with Gasteiger partial charge in [-0.25, -0.2) is 0 Å². The molecule has 1 aliphatic rings. The van der Waals surface area contributed by atoms with Gasteiger partial charge in [0.05, 0.1) is 0 Å². The maximum atomic E-state index is 10.7. The number of aliphatic hydroxyl groups excluding tert-OH is 1. The highest BCUT2D eigenvalue weighted by Crippen LogP contribution is 2.31. The number of aliphatic hydroxyl groups is 1. The largest absolute Gasteiger partial charge is 0.508 e. The molecule has 3 rings (SSSR count). The summed E-state index contributed by atoms with van der Waals surface area (Å²) in [6.07, 6.45) is 2.82. The summed E-state index contributed by atoms with van der Waals surface area (Å²) in [6, 6.07) is 10.5. The summed E-state index contributed by atoms with van der Waals surface area (Å²) in [7, 11) is 0. The smallest absolute Gasteiger partial charge is 0.229 e. The molecule has 1 aliphatic heterocycles. The summed E-state index contributed by atoms with van der Waals surface area (Å²) in [4.78, 5) is 4.54. The van der Waals surface area contributed by atoms with Gasteiger partial charge in [-0.3, -0.25) is 10.3 Å². The lowest BCUT2D eigenvalue weighted by Crippen LogP contribution is -2.60. The van der Waals surface area contributed by atoms with Crippen molar-refractivity contribution in [1.29, 1.82) is 0 Å². The number of aromatic hydroxyl groups is 1. The van der Waals surface area contributed by atoms with Gasteiger partial charge in [0.25, 0.3) is 0 Å². The van der Waals surface area contributed by atoms with Crippen molar-refractivity contribution in [2.75, 3.05) is 13.1 Å². The van der Waals surface area contributed by atoms with Crippen LogP contribution in [0.4, 0.5) is 0 Å². The maximum Gasteiger partial charge on any atom is 0.229 e. The predicted molar refractivity (Wildman–Crippen MR) is 100 cm³/mol. The lowest BCUT2D eigenvalue weighted by molar-refractivity contribution is -0.0880. The first-order valence-electron chi connectivity index (χ1n) is 9.07. The van der Waals surface area contributed by atoms with Gasteiger partial charge in [0.1, 0.15) is 23.3 Å². The van der Waals surface area contributed by atoms with E-state index in [4.69, 9.17) is 4.74 Å². The molecule has 0 saturated carbocycles. The molecule has 2 unspecified atom stereocenters. The quantitative estimate of drug-likeness (QED) is 0.592. The lowest BCUT2D eigenvalue weighted by atomic mass is 9.97. The van der Waals surface area contributed by atoms with Crippen LogP contribution >= 0.6 is 0 Å². The molecule has 0 aliphatic carbocycles. The number of hydrogen-bond acceptors (Lipinski definition) is 6. The summed E-state index contributed by atoms with van der Waals surface area (Å²) < 4.78 is 6.29. The average molecular weight is 357 g/mol. The Kier molecular flexibility index (Phi) is 5.76. The Morgan fingerprint density at radius 2 is 1.88 bits per heavy atom. The van der Waals surface area contributed by atoms with Crippen molar-refractivity contribution >= 4 is 0 Å². The lowest BCUT2D eigenvalue weighted by Gasteiger charge is -2.41. The Hall–Kier alpha value is -2.15. The highest BCUT2D eigenvalue weighted by atomic mass is 16.5. The molecule has 6 heteroatoms. The number of rotatable bonds is 6. The second-order valence-electron chi connectivity index (χ2n) is 6.90. The van der Waals surface area contributed by atoms with E-state index >= 15 is 0 Å². The fourth-order valence-electron chi connectivity index (χ4n) is 3.23. The van der Waals surface area contributed by atoms with Crippen molar-refractivity contribution in [3.63, 3.8) is 0 Å². The summed E-state index contributed by atoms with van der Waals surface area (Å²) in [5, 5.41) is 27.1. The van der Waals surface area contributed by atoms with Crippen molar-refractivity contribution in [3.8, 4) is 11.5 Å². The molecule has 0 spiro atoms. The third-order valence-corrected chi connectivity index (χ3v) is 4.75. The molecule has 4 N–H and O–H groups in total. The summed E-state index contributed by atoms with van der Waals surface area (Å²) >= 11 is 0. The van der Waals surface area contributed by atoms with Crippen molar-refractivity contribution in [1.82, 2.24) is 15.6 Å². The predicted octanol–water partition coefficient (Wildman–Crippen LogP) is 2.05. The molecule has 0 amide bonds. The normalized spacial score (nSPS) is 18.9. The van der Waals surface area contributed by atoms with E-state index in [0.29, 0.717) is 11.4 Å². The van der Waals surface area contributed by atoms with Gasteiger partial charge in [-0.15, -0.1) is 0 Å². The van der Waals surface area contributed by atoms with Crippen LogP contribution in [0.5, 0.6) is 11.5 Å². The van der Waals surface area contributed by atoms with Crippen LogP contribution in [-0.4, -0.2) is 40.4 Å². The third-order valence-electron chi connectivity index (χ3n) is 4.75. The number of piperidine rings is 1. The van der Waals surface area contributed by atoms with E-state index in [1.54, 1.807) is 37.4 Å². The average Bonchev–Trinajstić information content (AvgIpc) is 2.64. The molecule has 1 aromatic heterocycles. The Labute approximate surface area is 154 Å². The van der Waals surface area contributed by atoms with Gasteiger partial charge in [0.2, 0.25) is 5.72 Å². The highest BCUT2D eigenvalue weighted by molar-refractivity contribution is 5.32. The van der Waals surface area contributed by atoms with Crippen LogP contribution in [0.1, 0.15) is 31.0 Å². The minimum atomic E-state index is -1.17. The standard InChI is InChI=1S/C20H27N3O3/c1-14-3-8-19(22-13-14)20(15(2)24,23-16-9-11-21-12-10-16)26-18-6-4-17(25)5-7-18/h3-8,13,15-16,21,23-25H,9-12H2,1-2H3. The minimum absolute atomic E-state index is 0.166. The van der Waals surface area contributed by atoms with E-state index in [-0.39, 0.29) is 11.8 Å². The third kappa shape index (κ3) is 4.15. The summed E-state index contributed by atoms with van der Waals surface area (Å²) in [5.41, 5.74) is 0.497. The molecule has 26 heavy (non-hydrogen) atoms. The van der Waals surface area contributed by atoms with Crippen molar-refractivity contribution in [2.24, 2.45) is 0 Å². The van der Waals surface area contributed by atoms with Crippen LogP contribution in [-0.2, 0) is 5.72 Å². The van der Waals surface area contributed by atoms with E-state index in [2.05, 4.69) is 15.6 Å². The van der Waals surface area contributed by atoms with Gasteiger partial charge >= 0.3 is 0 Å². The number of ether oxygens (including phenoxy) is 1. The van der Waals surface area contributed by atoms with Gasteiger partial charge in [-0.2, -0.15) is 0 Å². The fraction of sp³-hybridized carbons (Fsp3) is 0.450. The van der Waals surface area contributed by atoms with Crippen LogP contribution in [0.15, 0.2) is 42.6 Å². The van der Waals surface area contributed by atoms with E-state index in [1.165, 1.54) is 0 Å². The van der Waals surface area contributed by atoms with Gasteiger partial charge in [-0.1, -0.05) is 6.07 Å². The number of aryl methyl sites for hydroxylation is 1. The van der Waals surface area contributed by atoms with Crippen LogP contribution in [0, 0.1) is 6.92 Å². The number of nitrogens with zero attached hydrogens (tertiary/aromatic N) is 1. The fourth-order valence-corrected chi connectivity index (χ4v) is 3.23. The number of hydrogen-bond donors (Lipinski definition) is 4. The molecular weight excluding hydrogens is 330 g/mol. The zero-order valence-corrected chi connectivity index (χ0v) is 15.3. The molecule has 2 heterocycles. The van der Waals surface area contributed by atoms with E-state index in [1.807, 2.05) is 19.1 Å². The van der Waals surface area contributed by atoms with E-state index < -0.39 is 11.8 Å². The van der Waals surface area contributed by atoms with E-state index in [9.17, 15) is 10.2 Å². The second-order valence-corrected chi connectivity index (χ2v) is 6.90. The van der Waals surface area contributed by atoms with Gasteiger partial charge in [-0.05, 0) is 75.7 Å². The first kappa shape index (κ1) is 18.6. The van der Waals surface area contributed by atoms with Crippen LogP contribution in [0.3, 0.4) is 0 Å². The highest BCUT2D eigenvalue weighted by Gasteiger charge is 2.43. The number of pyridine rings is 1. The Morgan fingerprint density at radius 1 is 1.19 bits per heavy atom. The molecule has 1 saturated heterocycles. The molecule has 140 valence electrons. The van der Waals surface area contributed by atoms with Crippen LogP contribution < -0.4 is 15.4 Å². The molecule has 1 fully saturated rings. The first-order chi connectivity index (χ1) is 12.5. The number of benzene rings is 1. The number of phenols is 1. The van der Waals surface area contributed by atoms with E-state index in [0.717, 1.165) is 31.5 Å². The van der Waals surface area contributed by atoms with Crippen LogP contribution in [0.25, 0.3) is 0 Å². The molecule has 2 aromatic rings. The molecular formula is C20H27N3O3. The molecule has 6 nitrogen and oxygen atoms in total. The molecule has 1 aromatic carbocycles. The number of nitrogens with one attached hydrogen (secondary N) is 2. The Balaban J connectivity index is 1.98. The van der Waals surface area contributed by atoms with Crippen molar-refractivity contribution < 1.29 is 14.9 Å². The van der Waals surface area contributed by atoms with Crippen molar-refractivity contribution in [2.45, 2.75) is 44.6 Å². The number of phenolic OH excluding ortho intramolecular Hbond substituents is 1. The zero-order valence-electron chi connectivity index (χ0n) is 15.3. The second kappa shape index (κ2) is 8.03. The Morgan fingerprint density at radius 3 is 2.46 bits per heavy atom. The summed E-state index contributed by atoms with van der Waals surface area (Å²) in [5.74, 6) is 0.715. The zero-order chi connectivity index (χ0) is 18.6. The SMILES string of the molecule is Cc1ccc(C(NC2CCNCC2)(Oc2ccc(O)cc2)C(C)O)nc1. The van der Waals surface area contributed by atoms with Gasteiger partial charge in [0, 0.05) is 12.2 Å². The molecule has 2 atom stereocenters. The van der Waals surface area contributed by atoms with Crippen LogP contribution in [0.2, 0.25) is 0 Å². The topological polar surface area (TPSA) is 86.6 Å².